The molecule has 1 N–H and O–H groups in total. The van der Waals surface area contributed by atoms with Gasteiger partial charge < -0.3 is 4.90 Å². The zero-order valence-corrected chi connectivity index (χ0v) is 9.99. The minimum Gasteiger partial charge on any atom is -0.342 e. The topological polar surface area (TPSA) is 49.0 Å². The molecule has 2 rings (SSSR count). The van der Waals surface area contributed by atoms with Gasteiger partial charge in [-0.25, -0.2) is 4.98 Å². The van der Waals surface area contributed by atoms with Gasteiger partial charge in [-0.05, 0) is 25.2 Å². The molecule has 0 bridgehead atoms. The van der Waals surface area contributed by atoms with Gasteiger partial charge in [-0.1, -0.05) is 13.8 Å². The van der Waals surface area contributed by atoms with Gasteiger partial charge in [-0.2, -0.15) is 0 Å². The summed E-state index contributed by atoms with van der Waals surface area (Å²) in [6, 6.07) is 1.61. The SMILES string of the molecule is CC(C)Cc1cc(=O)[nH]c(N2CCCC2)n1. The fraction of sp³-hybridized carbons (Fsp3) is 0.667. The molecule has 1 aromatic rings. The number of nitrogens with zero attached hydrogens (tertiary/aromatic N) is 2. The van der Waals surface area contributed by atoms with Crippen LogP contribution >= 0.6 is 0 Å². The Balaban J connectivity index is 2.24. The third-order valence-electron chi connectivity index (χ3n) is 2.81. The minimum absolute atomic E-state index is 0.0347. The predicted molar refractivity (Wildman–Crippen MR) is 64.8 cm³/mol. The van der Waals surface area contributed by atoms with Crippen molar-refractivity contribution in [3.63, 3.8) is 0 Å². The van der Waals surface area contributed by atoms with Crippen LogP contribution in [-0.2, 0) is 6.42 Å². The number of hydrogen-bond donors (Lipinski definition) is 1. The summed E-state index contributed by atoms with van der Waals surface area (Å²) in [6.07, 6.45) is 3.25. The second kappa shape index (κ2) is 4.68. The first-order valence-electron chi connectivity index (χ1n) is 6.00. The summed E-state index contributed by atoms with van der Waals surface area (Å²) in [5, 5.41) is 0. The van der Waals surface area contributed by atoms with E-state index in [1.165, 1.54) is 12.8 Å². The molecule has 0 unspecified atom stereocenters. The van der Waals surface area contributed by atoms with Crippen LogP contribution < -0.4 is 10.5 Å². The van der Waals surface area contributed by atoms with Crippen LogP contribution in [0.4, 0.5) is 5.95 Å². The molecule has 1 saturated heterocycles. The standard InChI is InChI=1S/C12H19N3O/c1-9(2)7-10-8-11(16)14-12(13-10)15-5-3-4-6-15/h8-9H,3-7H2,1-2H3,(H,13,14,16). The summed E-state index contributed by atoms with van der Waals surface area (Å²) >= 11 is 0. The van der Waals surface area contributed by atoms with E-state index in [2.05, 4.69) is 28.7 Å². The summed E-state index contributed by atoms with van der Waals surface area (Å²) in [7, 11) is 0. The molecule has 1 aliphatic rings. The van der Waals surface area contributed by atoms with Crippen LogP contribution in [0.3, 0.4) is 0 Å². The molecule has 0 spiro atoms. The first-order valence-corrected chi connectivity index (χ1v) is 6.00. The number of rotatable bonds is 3. The molecule has 88 valence electrons. The second-order valence-electron chi connectivity index (χ2n) is 4.85. The number of nitrogens with one attached hydrogen (secondary N) is 1. The summed E-state index contributed by atoms with van der Waals surface area (Å²) < 4.78 is 0. The molecule has 4 nitrogen and oxygen atoms in total. The van der Waals surface area contributed by atoms with Crippen molar-refractivity contribution in [2.24, 2.45) is 5.92 Å². The maximum absolute atomic E-state index is 11.5. The average Bonchev–Trinajstić information content (AvgIpc) is 2.67. The lowest BCUT2D eigenvalue weighted by atomic mass is 10.1. The van der Waals surface area contributed by atoms with Gasteiger partial charge in [0.05, 0.1) is 5.69 Å². The number of aromatic amines is 1. The molecule has 2 heterocycles. The zero-order valence-electron chi connectivity index (χ0n) is 9.99. The van der Waals surface area contributed by atoms with E-state index in [1.54, 1.807) is 6.07 Å². The first kappa shape index (κ1) is 11.2. The third-order valence-corrected chi connectivity index (χ3v) is 2.81. The van der Waals surface area contributed by atoms with Crippen molar-refractivity contribution in [1.82, 2.24) is 9.97 Å². The van der Waals surface area contributed by atoms with E-state index in [0.29, 0.717) is 5.92 Å². The molecule has 1 aromatic heterocycles. The highest BCUT2D eigenvalue weighted by Crippen LogP contribution is 2.15. The molecule has 0 aliphatic carbocycles. The van der Waals surface area contributed by atoms with Gasteiger partial charge >= 0.3 is 0 Å². The number of aromatic nitrogens is 2. The highest BCUT2D eigenvalue weighted by Gasteiger charge is 2.15. The summed E-state index contributed by atoms with van der Waals surface area (Å²) in [4.78, 5) is 21.0. The Morgan fingerprint density at radius 2 is 2.12 bits per heavy atom. The summed E-state index contributed by atoms with van der Waals surface area (Å²) in [5.74, 6) is 1.28. The van der Waals surface area contributed by atoms with Gasteiger partial charge in [0, 0.05) is 19.2 Å². The van der Waals surface area contributed by atoms with Crippen LogP contribution in [0.15, 0.2) is 10.9 Å². The number of anilines is 1. The van der Waals surface area contributed by atoms with E-state index in [0.717, 1.165) is 31.2 Å². The van der Waals surface area contributed by atoms with Gasteiger partial charge in [0.25, 0.3) is 5.56 Å². The van der Waals surface area contributed by atoms with Crippen molar-refractivity contribution in [3.8, 4) is 0 Å². The summed E-state index contributed by atoms with van der Waals surface area (Å²) in [6.45, 7) is 6.29. The molecule has 16 heavy (non-hydrogen) atoms. The van der Waals surface area contributed by atoms with Gasteiger partial charge in [0.15, 0.2) is 0 Å². The van der Waals surface area contributed by atoms with Gasteiger partial charge in [-0.3, -0.25) is 9.78 Å². The molecule has 0 amide bonds. The van der Waals surface area contributed by atoms with E-state index in [9.17, 15) is 4.79 Å². The normalized spacial score (nSPS) is 16.1. The minimum atomic E-state index is -0.0347. The van der Waals surface area contributed by atoms with Gasteiger partial charge in [0.1, 0.15) is 0 Å². The van der Waals surface area contributed by atoms with Crippen LogP contribution in [-0.4, -0.2) is 23.1 Å². The molecule has 4 heteroatoms. The Bertz CT molecular complexity index is 405. The van der Waals surface area contributed by atoms with Crippen molar-refractivity contribution in [3.05, 3.63) is 22.1 Å². The van der Waals surface area contributed by atoms with Gasteiger partial charge in [-0.15, -0.1) is 0 Å². The molecule has 0 radical (unpaired) electrons. The second-order valence-corrected chi connectivity index (χ2v) is 4.85. The highest BCUT2D eigenvalue weighted by molar-refractivity contribution is 5.31. The Morgan fingerprint density at radius 1 is 1.44 bits per heavy atom. The number of hydrogen-bond acceptors (Lipinski definition) is 3. The molecular formula is C12H19N3O. The Labute approximate surface area is 95.7 Å². The third kappa shape index (κ3) is 2.62. The van der Waals surface area contributed by atoms with E-state index in [1.807, 2.05) is 0 Å². The lowest BCUT2D eigenvalue weighted by Gasteiger charge is -2.16. The van der Waals surface area contributed by atoms with Crippen LogP contribution in [0.25, 0.3) is 0 Å². The summed E-state index contributed by atoms with van der Waals surface area (Å²) in [5.41, 5.74) is 0.869. The molecule has 1 aliphatic heterocycles. The van der Waals surface area contributed by atoms with Crippen molar-refractivity contribution in [2.45, 2.75) is 33.1 Å². The number of H-pyrrole nitrogens is 1. The first-order chi connectivity index (χ1) is 7.65. The molecule has 0 atom stereocenters. The van der Waals surface area contributed by atoms with E-state index < -0.39 is 0 Å². The van der Waals surface area contributed by atoms with Gasteiger partial charge in [0.2, 0.25) is 5.95 Å². The lowest BCUT2D eigenvalue weighted by Crippen LogP contribution is -2.24. The van der Waals surface area contributed by atoms with Crippen LogP contribution in [0.1, 0.15) is 32.4 Å². The maximum atomic E-state index is 11.5. The average molecular weight is 221 g/mol. The predicted octanol–water partition coefficient (Wildman–Crippen LogP) is 1.57. The highest BCUT2D eigenvalue weighted by atomic mass is 16.1. The smallest absolute Gasteiger partial charge is 0.252 e. The Kier molecular flexibility index (Phi) is 3.27. The van der Waals surface area contributed by atoms with E-state index >= 15 is 0 Å². The van der Waals surface area contributed by atoms with Crippen LogP contribution in [0.5, 0.6) is 0 Å². The van der Waals surface area contributed by atoms with E-state index in [4.69, 9.17) is 0 Å². The molecule has 0 aromatic carbocycles. The monoisotopic (exact) mass is 221 g/mol. The van der Waals surface area contributed by atoms with Crippen molar-refractivity contribution >= 4 is 5.95 Å². The fourth-order valence-electron chi connectivity index (χ4n) is 2.10. The quantitative estimate of drug-likeness (QED) is 0.842. The van der Waals surface area contributed by atoms with Crippen LogP contribution in [0.2, 0.25) is 0 Å². The largest absolute Gasteiger partial charge is 0.342 e. The van der Waals surface area contributed by atoms with Crippen molar-refractivity contribution in [2.75, 3.05) is 18.0 Å². The lowest BCUT2D eigenvalue weighted by molar-refractivity contribution is 0.632. The van der Waals surface area contributed by atoms with E-state index in [-0.39, 0.29) is 5.56 Å². The zero-order chi connectivity index (χ0) is 11.5. The Hall–Kier alpha value is -1.32. The maximum Gasteiger partial charge on any atom is 0.252 e. The Morgan fingerprint density at radius 3 is 2.75 bits per heavy atom. The fourth-order valence-corrected chi connectivity index (χ4v) is 2.10. The van der Waals surface area contributed by atoms with Crippen molar-refractivity contribution < 1.29 is 0 Å². The molecule has 1 fully saturated rings. The molecular weight excluding hydrogens is 202 g/mol. The molecule has 0 saturated carbocycles. The van der Waals surface area contributed by atoms with Crippen LogP contribution in [0, 0.1) is 5.92 Å². The van der Waals surface area contributed by atoms with Crippen molar-refractivity contribution in [1.29, 1.82) is 0 Å².